The van der Waals surface area contributed by atoms with Crippen molar-refractivity contribution >= 4 is 5.97 Å². The smallest absolute Gasteiger partial charge is 0.309 e. The Bertz CT molecular complexity index is 461. The van der Waals surface area contributed by atoms with Crippen LogP contribution in [0.1, 0.15) is 24.0 Å². The van der Waals surface area contributed by atoms with Crippen molar-refractivity contribution in [3.8, 4) is 0 Å². The number of aryl methyl sites for hydroxylation is 1. The molecule has 1 fully saturated rings. The molecule has 4 heteroatoms. The minimum Gasteiger partial charge on any atom is -0.469 e. The van der Waals surface area contributed by atoms with Crippen molar-refractivity contribution in [1.82, 2.24) is 4.90 Å². The Morgan fingerprint density at radius 3 is 3.00 bits per heavy atom. The molecule has 0 amide bonds. The number of esters is 1. The van der Waals surface area contributed by atoms with Gasteiger partial charge in [0.1, 0.15) is 5.82 Å². The maximum absolute atomic E-state index is 13.1. The lowest BCUT2D eigenvalue weighted by Crippen LogP contribution is -2.38. The van der Waals surface area contributed by atoms with Crippen LogP contribution in [0.2, 0.25) is 0 Å². The lowest BCUT2D eigenvalue weighted by Gasteiger charge is -2.31. The zero-order valence-corrected chi connectivity index (χ0v) is 11.5. The maximum Gasteiger partial charge on any atom is 0.309 e. The standard InChI is InChI=1S/C15H20FNO2/c1-11-8-14(16)6-5-12(11)9-17-7-3-4-13(10-17)15(18)19-2/h5-6,8,13H,3-4,7,9-10H2,1-2H3. The SMILES string of the molecule is COC(=O)C1CCCN(Cc2ccc(F)cc2C)C1. The third kappa shape index (κ3) is 3.53. The molecule has 2 rings (SSSR count). The Morgan fingerprint density at radius 1 is 1.53 bits per heavy atom. The molecular formula is C15H20FNO2. The van der Waals surface area contributed by atoms with Crippen molar-refractivity contribution in [2.45, 2.75) is 26.3 Å². The summed E-state index contributed by atoms with van der Waals surface area (Å²) in [6, 6.07) is 4.87. The molecule has 1 aliphatic rings. The number of hydrogen-bond acceptors (Lipinski definition) is 3. The van der Waals surface area contributed by atoms with Gasteiger partial charge in [-0.25, -0.2) is 4.39 Å². The van der Waals surface area contributed by atoms with Crippen molar-refractivity contribution < 1.29 is 13.9 Å². The minimum atomic E-state index is -0.202. The quantitative estimate of drug-likeness (QED) is 0.787. The molecule has 0 bridgehead atoms. The lowest BCUT2D eigenvalue weighted by molar-refractivity contribution is -0.147. The van der Waals surface area contributed by atoms with Crippen molar-refractivity contribution in [3.63, 3.8) is 0 Å². The molecule has 0 aliphatic carbocycles. The monoisotopic (exact) mass is 265 g/mol. The van der Waals surface area contributed by atoms with Gasteiger partial charge in [0.2, 0.25) is 0 Å². The number of hydrogen-bond donors (Lipinski definition) is 0. The number of carbonyl (C=O) groups excluding carboxylic acids is 1. The molecule has 1 heterocycles. The van der Waals surface area contributed by atoms with Crippen LogP contribution in [0.25, 0.3) is 0 Å². The van der Waals surface area contributed by atoms with Crippen molar-refractivity contribution in [2.24, 2.45) is 5.92 Å². The molecule has 1 atom stereocenters. The number of methoxy groups -OCH3 is 1. The number of rotatable bonds is 3. The van der Waals surface area contributed by atoms with E-state index in [1.54, 1.807) is 6.07 Å². The fraction of sp³-hybridized carbons (Fsp3) is 0.533. The third-order valence-electron chi connectivity index (χ3n) is 3.74. The molecule has 0 N–H and O–H groups in total. The van der Waals surface area contributed by atoms with Crippen LogP contribution in [0.5, 0.6) is 0 Å². The average Bonchev–Trinajstić information content (AvgIpc) is 2.41. The first-order valence-corrected chi connectivity index (χ1v) is 6.65. The summed E-state index contributed by atoms with van der Waals surface area (Å²) < 4.78 is 17.9. The van der Waals surface area contributed by atoms with Crippen molar-refractivity contribution in [1.29, 1.82) is 0 Å². The number of carbonyl (C=O) groups is 1. The Kier molecular flexibility index (Phi) is 4.53. The van der Waals surface area contributed by atoms with Gasteiger partial charge in [-0.15, -0.1) is 0 Å². The average molecular weight is 265 g/mol. The van der Waals surface area contributed by atoms with Gasteiger partial charge in [-0.2, -0.15) is 0 Å². The molecule has 1 saturated heterocycles. The van der Waals surface area contributed by atoms with E-state index in [0.717, 1.165) is 43.6 Å². The molecule has 1 unspecified atom stereocenters. The highest BCUT2D eigenvalue weighted by Gasteiger charge is 2.26. The summed E-state index contributed by atoms with van der Waals surface area (Å²) in [4.78, 5) is 13.8. The zero-order chi connectivity index (χ0) is 13.8. The highest BCUT2D eigenvalue weighted by Crippen LogP contribution is 2.21. The summed E-state index contributed by atoms with van der Waals surface area (Å²) in [6.07, 6.45) is 1.89. The van der Waals surface area contributed by atoms with Crippen LogP contribution in [0, 0.1) is 18.7 Å². The second-order valence-electron chi connectivity index (χ2n) is 5.17. The first-order valence-electron chi connectivity index (χ1n) is 6.65. The number of ether oxygens (including phenoxy) is 1. The maximum atomic E-state index is 13.1. The predicted octanol–water partition coefficient (Wildman–Crippen LogP) is 2.52. The molecule has 1 aromatic rings. The predicted molar refractivity (Wildman–Crippen MR) is 71.2 cm³/mol. The topological polar surface area (TPSA) is 29.5 Å². The molecule has 3 nitrogen and oxygen atoms in total. The van der Waals surface area contributed by atoms with Crippen molar-refractivity contribution in [2.75, 3.05) is 20.2 Å². The first-order chi connectivity index (χ1) is 9.10. The number of nitrogens with zero attached hydrogens (tertiary/aromatic N) is 1. The van der Waals surface area contributed by atoms with Crippen LogP contribution in [0.4, 0.5) is 4.39 Å². The number of benzene rings is 1. The molecule has 0 saturated carbocycles. The van der Waals surface area contributed by atoms with E-state index < -0.39 is 0 Å². The zero-order valence-electron chi connectivity index (χ0n) is 11.5. The molecule has 19 heavy (non-hydrogen) atoms. The molecule has 0 spiro atoms. The fourth-order valence-corrected chi connectivity index (χ4v) is 2.64. The van der Waals surface area contributed by atoms with E-state index >= 15 is 0 Å². The number of piperidine rings is 1. The van der Waals surface area contributed by atoms with Gasteiger partial charge >= 0.3 is 5.97 Å². The summed E-state index contributed by atoms with van der Waals surface area (Å²) in [6.45, 7) is 4.38. The van der Waals surface area contributed by atoms with E-state index in [-0.39, 0.29) is 17.7 Å². The third-order valence-corrected chi connectivity index (χ3v) is 3.74. The summed E-state index contributed by atoms with van der Waals surface area (Å²) in [5, 5.41) is 0. The summed E-state index contributed by atoms with van der Waals surface area (Å²) in [5.74, 6) is -0.354. The van der Waals surface area contributed by atoms with Gasteiger partial charge in [-0.1, -0.05) is 6.07 Å². The second kappa shape index (κ2) is 6.15. The number of halogens is 1. The van der Waals surface area contributed by atoms with Gasteiger partial charge in [0, 0.05) is 13.1 Å². The van der Waals surface area contributed by atoms with Crippen LogP contribution >= 0.6 is 0 Å². The van der Waals surface area contributed by atoms with Crippen LogP contribution < -0.4 is 0 Å². The minimum absolute atomic E-state index is 0.0282. The Morgan fingerprint density at radius 2 is 2.32 bits per heavy atom. The molecule has 1 aromatic carbocycles. The lowest BCUT2D eigenvalue weighted by atomic mass is 9.97. The molecule has 0 aromatic heterocycles. The van der Waals surface area contributed by atoms with Gasteiger partial charge in [-0.3, -0.25) is 9.69 Å². The largest absolute Gasteiger partial charge is 0.469 e. The van der Waals surface area contributed by atoms with E-state index in [4.69, 9.17) is 4.74 Å². The first kappa shape index (κ1) is 14.0. The van der Waals surface area contributed by atoms with Gasteiger partial charge < -0.3 is 4.74 Å². The normalized spacial score (nSPS) is 20.3. The van der Waals surface area contributed by atoms with Gasteiger partial charge in [0.15, 0.2) is 0 Å². The Hall–Kier alpha value is -1.42. The molecular weight excluding hydrogens is 245 g/mol. The van der Waals surface area contributed by atoms with Crippen molar-refractivity contribution in [3.05, 3.63) is 35.1 Å². The van der Waals surface area contributed by atoms with Gasteiger partial charge in [0.25, 0.3) is 0 Å². The Balaban J connectivity index is 2.00. The number of likely N-dealkylation sites (tertiary alicyclic amines) is 1. The van der Waals surface area contributed by atoms with E-state index in [2.05, 4.69) is 4.90 Å². The van der Waals surface area contributed by atoms with E-state index in [1.165, 1.54) is 13.2 Å². The van der Waals surface area contributed by atoms with Crippen LogP contribution in [0.3, 0.4) is 0 Å². The highest BCUT2D eigenvalue weighted by molar-refractivity contribution is 5.72. The Labute approximate surface area is 113 Å². The van der Waals surface area contributed by atoms with Crippen LogP contribution in [-0.4, -0.2) is 31.1 Å². The van der Waals surface area contributed by atoms with E-state index in [0.29, 0.717) is 0 Å². The summed E-state index contributed by atoms with van der Waals surface area (Å²) in [5.41, 5.74) is 2.08. The molecule has 1 aliphatic heterocycles. The van der Waals surface area contributed by atoms with Crippen LogP contribution in [0.15, 0.2) is 18.2 Å². The highest BCUT2D eigenvalue weighted by atomic mass is 19.1. The van der Waals surface area contributed by atoms with E-state index in [1.807, 2.05) is 13.0 Å². The molecule has 104 valence electrons. The summed E-state index contributed by atoms with van der Waals surface area (Å²) in [7, 11) is 1.44. The molecule has 0 radical (unpaired) electrons. The van der Waals surface area contributed by atoms with Gasteiger partial charge in [-0.05, 0) is 49.6 Å². The van der Waals surface area contributed by atoms with Gasteiger partial charge in [0.05, 0.1) is 13.0 Å². The van der Waals surface area contributed by atoms with Crippen LogP contribution in [-0.2, 0) is 16.1 Å². The second-order valence-corrected chi connectivity index (χ2v) is 5.17. The fourth-order valence-electron chi connectivity index (χ4n) is 2.64. The summed E-state index contributed by atoms with van der Waals surface area (Å²) >= 11 is 0. The van der Waals surface area contributed by atoms with E-state index in [9.17, 15) is 9.18 Å².